The van der Waals surface area contributed by atoms with E-state index < -0.39 is 34.7 Å². The normalized spacial score (nSPS) is 9.71. The molecule has 0 aromatic carbocycles. The Kier molecular flexibility index (Phi) is 2.24. The van der Waals surface area contributed by atoms with Gasteiger partial charge in [-0.1, -0.05) is 0 Å². The minimum Gasteiger partial charge on any atom is -0.478 e. The van der Waals surface area contributed by atoms with Crippen LogP contribution in [0.15, 0.2) is 6.20 Å². The molecular weight excluding hydrogens is 192 g/mol. The number of aromatic nitrogens is 1. The van der Waals surface area contributed by atoms with Crippen LogP contribution in [0, 0.1) is 0 Å². The van der Waals surface area contributed by atoms with E-state index >= 15 is 0 Å². The van der Waals surface area contributed by atoms with Crippen molar-refractivity contribution < 1.29 is 24.6 Å². The summed E-state index contributed by atoms with van der Waals surface area (Å²) in [4.78, 5) is 34.0. The predicted octanol–water partition coefficient (Wildman–Crippen LogP) is -0.490. The highest BCUT2D eigenvalue weighted by atomic mass is 16.4. The minimum absolute atomic E-state index is 0.421. The Bertz CT molecular complexity index is 388. The summed E-state index contributed by atoms with van der Waals surface area (Å²) in [5.41, 5.74) is 3.30. The Morgan fingerprint density at radius 2 is 1.79 bits per heavy atom. The molecule has 1 rings (SSSR count). The van der Waals surface area contributed by atoms with Gasteiger partial charge in [-0.3, -0.25) is 4.79 Å². The van der Waals surface area contributed by atoms with Crippen molar-refractivity contribution in [1.29, 1.82) is 0 Å². The lowest BCUT2D eigenvalue weighted by Crippen LogP contribution is -2.17. The fraction of sp³-hybridized carbons (Fsp3) is 0. The molecule has 14 heavy (non-hydrogen) atoms. The van der Waals surface area contributed by atoms with Gasteiger partial charge in [-0.25, -0.2) is 9.59 Å². The number of hydrogen-bond acceptors (Lipinski definition) is 3. The summed E-state index contributed by atoms with van der Waals surface area (Å²) in [7, 11) is 0. The number of hydrogen-bond donors (Lipinski definition) is 4. The Labute approximate surface area is 77.1 Å². The van der Waals surface area contributed by atoms with Crippen LogP contribution in [0.5, 0.6) is 0 Å². The van der Waals surface area contributed by atoms with Crippen LogP contribution in [0.1, 0.15) is 31.2 Å². The molecular formula is C7H6N2O5. The Morgan fingerprint density at radius 1 is 1.21 bits per heavy atom. The number of primary amides is 1. The molecule has 0 unspecified atom stereocenters. The zero-order chi connectivity index (χ0) is 10.9. The average Bonchev–Trinajstić information content (AvgIpc) is 2.46. The number of nitrogens with two attached hydrogens (primary N) is 1. The summed E-state index contributed by atoms with van der Waals surface area (Å²) >= 11 is 0. The number of carbonyl (C=O) groups is 3. The third kappa shape index (κ3) is 1.42. The molecule has 0 saturated carbocycles. The van der Waals surface area contributed by atoms with Gasteiger partial charge in [0.1, 0.15) is 11.3 Å². The molecule has 5 N–H and O–H groups in total. The molecule has 1 heterocycles. The van der Waals surface area contributed by atoms with Gasteiger partial charge in [-0.05, 0) is 0 Å². The van der Waals surface area contributed by atoms with Gasteiger partial charge >= 0.3 is 11.9 Å². The maximum Gasteiger partial charge on any atom is 0.338 e. The van der Waals surface area contributed by atoms with Crippen molar-refractivity contribution in [3.05, 3.63) is 23.0 Å². The van der Waals surface area contributed by atoms with Crippen LogP contribution in [0.4, 0.5) is 0 Å². The summed E-state index contributed by atoms with van der Waals surface area (Å²) in [5.74, 6) is -3.97. The minimum atomic E-state index is -1.52. The Balaban J connectivity index is 3.42. The van der Waals surface area contributed by atoms with Crippen molar-refractivity contribution in [3.8, 4) is 0 Å². The Morgan fingerprint density at radius 3 is 2.14 bits per heavy atom. The molecule has 0 fully saturated rings. The molecule has 1 amide bonds. The molecule has 1 aromatic heterocycles. The highest BCUT2D eigenvalue weighted by Gasteiger charge is 2.24. The van der Waals surface area contributed by atoms with Crippen LogP contribution in [0.2, 0.25) is 0 Å². The number of carbonyl (C=O) groups excluding carboxylic acids is 1. The first-order valence-corrected chi connectivity index (χ1v) is 3.43. The molecule has 1 aromatic rings. The molecule has 0 saturated heterocycles. The molecule has 0 aliphatic heterocycles. The van der Waals surface area contributed by atoms with Crippen LogP contribution in [0.25, 0.3) is 0 Å². The summed E-state index contributed by atoms with van der Waals surface area (Å²) < 4.78 is 0. The average molecular weight is 198 g/mol. The highest BCUT2D eigenvalue weighted by molar-refractivity contribution is 6.09. The van der Waals surface area contributed by atoms with Gasteiger partial charge in [-0.2, -0.15) is 0 Å². The first-order chi connectivity index (χ1) is 6.45. The summed E-state index contributed by atoms with van der Waals surface area (Å²) in [6.45, 7) is 0. The molecule has 0 spiro atoms. The maximum atomic E-state index is 10.7. The molecule has 0 bridgehead atoms. The Hall–Kier alpha value is -2.31. The zero-order valence-corrected chi connectivity index (χ0v) is 6.77. The van der Waals surface area contributed by atoms with Crippen molar-refractivity contribution in [1.82, 2.24) is 4.98 Å². The molecule has 0 atom stereocenters. The first kappa shape index (κ1) is 9.78. The molecule has 7 heteroatoms. The van der Waals surface area contributed by atoms with E-state index in [1.807, 2.05) is 0 Å². The third-order valence-corrected chi connectivity index (χ3v) is 1.57. The van der Waals surface area contributed by atoms with Crippen molar-refractivity contribution in [2.45, 2.75) is 0 Å². The van der Waals surface area contributed by atoms with Crippen molar-refractivity contribution in [2.75, 3.05) is 0 Å². The number of rotatable bonds is 3. The summed E-state index contributed by atoms with van der Waals surface area (Å²) in [6, 6.07) is 0. The smallest absolute Gasteiger partial charge is 0.338 e. The lowest BCUT2D eigenvalue weighted by molar-refractivity contribution is 0.0651. The van der Waals surface area contributed by atoms with Gasteiger partial charge < -0.3 is 20.9 Å². The lowest BCUT2D eigenvalue weighted by Gasteiger charge is -1.95. The van der Waals surface area contributed by atoms with Crippen LogP contribution in [-0.4, -0.2) is 33.0 Å². The number of H-pyrrole nitrogens is 1. The predicted molar refractivity (Wildman–Crippen MR) is 43.2 cm³/mol. The summed E-state index contributed by atoms with van der Waals surface area (Å²) in [5, 5.41) is 17.2. The molecule has 0 radical (unpaired) electrons. The van der Waals surface area contributed by atoms with E-state index in [1.165, 1.54) is 0 Å². The SMILES string of the molecule is NC(=O)c1[nH]cc(C(=O)O)c1C(=O)O. The van der Waals surface area contributed by atoms with E-state index in [1.54, 1.807) is 0 Å². The standard InChI is InChI=1S/C7H6N2O5/c8-5(10)4-3(7(13)14)2(1-9-4)6(11)12/h1,9H,(H2,8,10)(H,11,12)(H,13,14). The fourth-order valence-corrected chi connectivity index (χ4v) is 1.01. The second-order valence-corrected chi connectivity index (χ2v) is 2.43. The van der Waals surface area contributed by atoms with E-state index in [-0.39, 0.29) is 0 Å². The topological polar surface area (TPSA) is 133 Å². The number of nitrogens with one attached hydrogen (secondary N) is 1. The van der Waals surface area contributed by atoms with Crippen LogP contribution >= 0.6 is 0 Å². The first-order valence-electron chi connectivity index (χ1n) is 3.43. The quantitative estimate of drug-likeness (QED) is 0.519. The number of amides is 1. The van der Waals surface area contributed by atoms with Crippen molar-refractivity contribution in [3.63, 3.8) is 0 Å². The van der Waals surface area contributed by atoms with E-state index in [2.05, 4.69) is 4.98 Å². The number of carboxylic acid groups (broad SMARTS) is 2. The van der Waals surface area contributed by atoms with Gasteiger partial charge in [0.2, 0.25) is 0 Å². The van der Waals surface area contributed by atoms with Gasteiger partial charge in [0.25, 0.3) is 5.91 Å². The lowest BCUT2D eigenvalue weighted by atomic mass is 10.1. The third-order valence-electron chi connectivity index (χ3n) is 1.57. The van der Waals surface area contributed by atoms with Crippen molar-refractivity contribution >= 4 is 17.8 Å². The monoisotopic (exact) mass is 198 g/mol. The van der Waals surface area contributed by atoms with E-state index in [0.29, 0.717) is 0 Å². The van der Waals surface area contributed by atoms with E-state index in [4.69, 9.17) is 15.9 Å². The second kappa shape index (κ2) is 3.21. The van der Waals surface area contributed by atoms with Gasteiger partial charge in [0.05, 0.1) is 5.56 Å². The van der Waals surface area contributed by atoms with Crippen LogP contribution in [-0.2, 0) is 0 Å². The van der Waals surface area contributed by atoms with E-state index in [9.17, 15) is 14.4 Å². The maximum absolute atomic E-state index is 10.7. The largest absolute Gasteiger partial charge is 0.478 e. The van der Waals surface area contributed by atoms with Gasteiger partial charge in [-0.15, -0.1) is 0 Å². The molecule has 74 valence electrons. The van der Waals surface area contributed by atoms with E-state index in [0.717, 1.165) is 6.20 Å². The molecule has 7 nitrogen and oxygen atoms in total. The van der Waals surface area contributed by atoms with Gasteiger partial charge in [0.15, 0.2) is 0 Å². The molecule has 0 aliphatic carbocycles. The second-order valence-electron chi connectivity index (χ2n) is 2.43. The number of aromatic amines is 1. The zero-order valence-electron chi connectivity index (χ0n) is 6.77. The van der Waals surface area contributed by atoms with Crippen molar-refractivity contribution in [2.24, 2.45) is 5.73 Å². The van der Waals surface area contributed by atoms with Crippen LogP contribution in [0.3, 0.4) is 0 Å². The molecule has 0 aliphatic rings. The highest BCUT2D eigenvalue weighted by Crippen LogP contribution is 2.13. The number of carboxylic acids is 2. The van der Waals surface area contributed by atoms with Gasteiger partial charge in [0, 0.05) is 6.20 Å². The van der Waals surface area contributed by atoms with Crippen LogP contribution < -0.4 is 5.73 Å². The summed E-state index contributed by atoms with van der Waals surface area (Å²) in [6.07, 6.45) is 0.909. The fourth-order valence-electron chi connectivity index (χ4n) is 1.01. The number of aromatic carboxylic acids is 2.